The average molecular weight is 289 g/mol. The monoisotopic (exact) mass is 289 g/mol. The van der Waals surface area contributed by atoms with Crippen LogP contribution in [0, 0.1) is 0 Å². The van der Waals surface area contributed by atoms with Gasteiger partial charge in [0.25, 0.3) is 6.43 Å². The van der Waals surface area contributed by atoms with Crippen LogP contribution < -0.4 is 10.6 Å². The van der Waals surface area contributed by atoms with Gasteiger partial charge in [-0.05, 0) is 17.9 Å². The zero-order valence-corrected chi connectivity index (χ0v) is 11.6. The molecule has 1 rings (SSSR count). The molecule has 0 atom stereocenters. The molecule has 4 nitrogen and oxygen atoms in total. The van der Waals surface area contributed by atoms with Gasteiger partial charge in [0.2, 0.25) is 0 Å². The normalized spacial score (nSPS) is 11.9. The van der Waals surface area contributed by atoms with Gasteiger partial charge >= 0.3 is 0 Å². The Bertz CT molecular complexity index is 455. The summed E-state index contributed by atoms with van der Waals surface area (Å²) >= 11 is 1.51. The van der Waals surface area contributed by atoms with Crippen LogP contribution in [0.2, 0.25) is 0 Å². The van der Waals surface area contributed by atoms with Crippen molar-refractivity contribution in [3.05, 3.63) is 23.8 Å². The molecule has 0 aliphatic carbocycles. The summed E-state index contributed by atoms with van der Waals surface area (Å²) in [5, 5.41) is 11.8. The Labute approximate surface area is 115 Å². The van der Waals surface area contributed by atoms with E-state index in [9.17, 15) is 8.78 Å². The second-order valence-corrected chi connectivity index (χ2v) is 5.15. The van der Waals surface area contributed by atoms with Gasteiger partial charge in [0.1, 0.15) is 0 Å². The third-order valence-corrected chi connectivity index (χ3v) is 3.43. The molecule has 0 aliphatic rings. The molecule has 19 heavy (non-hydrogen) atoms. The minimum Gasteiger partial charge on any atom is -0.409 e. The Hall–Kier alpha value is -1.50. The van der Waals surface area contributed by atoms with Crippen molar-refractivity contribution in [1.29, 1.82) is 0 Å². The van der Waals surface area contributed by atoms with Crippen LogP contribution in [-0.4, -0.2) is 36.8 Å². The molecule has 3 N–H and O–H groups in total. The number of alkyl halides is 2. The lowest BCUT2D eigenvalue weighted by Crippen LogP contribution is -2.27. The summed E-state index contributed by atoms with van der Waals surface area (Å²) in [6, 6.07) is 5.26. The summed E-state index contributed by atoms with van der Waals surface area (Å²) in [6.07, 6.45) is -2.45. The van der Waals surface area contributed by atoms with E-state index in [4.69, 9.17) is 10.9 Å². The van der Waals surface area contributed by atoms with Gasteiger partial charge in [-0.25, -0.2) is 8.78 Å². The van der Waals surface area contributed by atoms with E-state index in [0.717, 1.165) is 10.6 Å². The van der Waals surface area contributed by atoms with Gasteiger partial charge in [-0.15, -0.1) is 11.8 Å². The second-order valence-electron chi connectivity index (χ2n) is 3.84. The molecule has 0 bridgehead atoms. The Morgan fingerprint density at radius 2 is 2.21 bits per heavy atom. The molecule has 0 spiro atoms. The highest BCUT2D eigenvalue weighted by atomic mass is 32.2. The molecule has 0 saturated heterocycles. The fraction of sp³-hybridized carbons (Fsp3) is 0.417. The van der Waals surface area contributed by atoms with Gasteiger partial charge in [-0.2, -0.15) is 0 Å². The van der Waals surface area contributed by atoms with Crippen LogP contribution in [-0.2, 0) is 0 Å². The first-order valence-electron chi connectivity index (χ1n) is 5.74. The quantitative estimate of drug-likeness (QED) is 0.278. The first-order chi connectivity index (χ1) is 9.01. The summed E-state index contributed by atoms with van der Waals surface area (Å²) in [5.74, 6) is 0.723. The van der Waals surface area contributed by atoms with Crippen molar-refractivity contribution in [1.82, 2.24) is 0 Å². The van der Waals surface area contributed by atoms with Crippen molar-refractivity contribution < 1.29 is 14.0 Å². The number of amidine groups is 1. The number of rotatable bonds is 6. The molecule has 0 aliphatic heterocycles. The maximum atomic E-state index is 12.5. The van der Waals surface area contributed by atoms with Crippen molar-refractivity contribution >= 4 is 23.3 Å². The number of nitrogens with two attached hydrogens (primary N) is 1. The molecule has 0 unspecified atom stereocenters. The van der Waals surface area contributed by atoms with E-state index < -0.39 is 13.0 Å². The van der Waals surface area contributed by atoms with Crippen LogP contribution in [0.15, 0.2) is 28.3 Å². The summed E-state index contributed by atoms with van der Waals surface area (Å²) in [6.45, 7) is 1.56. The number of oxime groups is 1. The highest BCUT2D eigenvalue weighted by molar-refractivity contribution is 7.99. The number of benzene rings is 1. The standard InChI is InChI=1S/C12H17F2N3OS/c1-3-19-9-6-4-5-8(11(9)12(15)16-18)17(2)7-10(13)14/h4-6,10,18H,3,7H2,1-2H3,(H2,15,16). The minimum atomic E-state index is -2.45. The van der Waals surface area contributed by atoms with Crippen molar-refractivity contribution in [3.63, 3.8) is 0 Å². The second kappa shape index (κ2) is 7.18. The molecule has 0 aromatic heterocycles. The van der Waals surface area contributed by atoms with Gasteiger partial charge in [-0.1, -0.05) is 18.1 Å². The number of thioether (sulfide) groups is 1. The minimum absolute atomic E-state index is 0.0762. The third-order valence-electron chi connectivity index (χ3n) is 2.49. The molecular formula is C12H17F2N3OS. The maximum absolute atomic E-state index is 12.5. The molecule has 0 radical (unpaired) electrons. The van der Waals surface area contributed by atoms with E-state index in [0.29, 0.717) is 11.3 Å². The smallest absolute Gasteiger partial charge is 0.255 e. The van der Waals surface area contributed by atoms with Gasteiger partial charge in [0.15, 0.2) is 5.84 Å². The SMILES string of the molecule is CCSc1cccc(N(C)CC(F)F)c1/C(N)=N/O. The Morgan fingerprint density at radius 1 is 1.53 bits per heavy atom. The summed E-state index contributed by atoms with van der Waals surface area (Å²) in [7, 11) is 1.55. The van der Waals surface area contributed by atoms with E-state index in [2.05, 4.69) is 5.16 Å². The van der Waals surface area contributed by atoms with Crippen molar-refractivity contribution in [2.24, 2.45) is 10.9 Å². The fourth-order valence-electron chi connectivity index (χ4n) is 1.73. The lowest BCUT2D eigenvalue weighted by molar-refractivity contribution is 0.156. The molecule has 0 saturated carbocycles. The average Bonchev–Trinajstić information content (AvgIpc) is 2.37. The lowest BCUT2D eigenvalue weighted by atomic mass is 10.1. The molecular weight excluding hydrogens is 272 g/mol. The third kappa shape index (κ3) is 3.99. The molecule has 0 heterocycles. The Balaban J connectivity index is 3.26. The number of hydrogen-bond donors (Lipinski definition) is 2. The Morgan fingerprint density at radius 3 is 2.74 bits per heavy atom. The van der Waals surface area contributed by atoms with Gasteiger partial charge in [0.05, 0.1) is 12.1 Å². The van der Waals surface area contributed by atoms with Crippen LogP contribution in [0.4, 0.5) is 14.5 Å². The predicted molar refractivity (Wildman–Crippen MR) is 74.6 cm³/mol. The highest BCUT2D eigenvalue weighted by Gasteiger charge is 2.17. The van der Waals surface area contributed by atoms with Crippen molar-refractivity contribution in [3.8, 4) is 0 Å². The summed E-state index contributed by atoms with van der Waals surface area (Å²) in [4.78, 5) is 2.20. The van der Waals surface area contributed by atoms with Crippen LogP contribution in [0.5, 0.6) is 0 Å². The first kappa shape index (κ1) is 15.6. The predicted octanol–water partition coefficient (Wildman–Crippen LogP) is 2.59. The number of hydrogen-bond acceptors (Lipinski definition) is 4. The Kier molecular flexibility index (Phi) is 5.88. The van der Waals surface area contributed by atoms with Gasteiger partial charge in [0, 0.05) is 17.6 Å². The van der Waals surface area contributed by atoms with E-state index >= 15 is 0 Å². The number of anilines is 1. The van der Waals surface area contributed by atoms with Crippen LogP contribution in [0.1, 0.15) is 12.5 Å². The zero-order valence-electron chi connectivity index (χ0n) is 10.8. The van der Waals surface area contributed by atoms with E-state index in [-0.39, 0.29) is 5.84 Å². The van der Waals surface area contributed by atoms with E-state index in [1.165, 1.54) is 16.7 Å². The van der Waals surface area contributed by atoms with E-state index in [1.807, 2.05) is 13.0 Å². The summed E-state index contributed by atoms with van der Waals surface area (Å²) in [5.41, 5.74) is 6.68. The first-order valence-corrected chi connectivity index (χ1v) is 6.72. The fourth-order valence-corrected chi connectivity index (χ4v) is 2.57. The molecule has 0 amide bonds. The molecule has 0 fully saturated rings. The summed E-state index contributed by atoms with van der Waals surface area (Å²) < 4.78 is 25.0. The molecule has 7 heteroatoms. The van der Waals surface area contributed by atoms with Crippen LogP contribution >= 0.6 is 11.8 Å². The van der Waals surface area contributed by atoms with Crippen LogP contribution in [0.25, 0.3) is 0 Å². The zero-order chi connectivity index (χ0) is 14.4. The largest absolute Gasteiger partial charge is 0.409 e. The van der Waals surface area contributed by atoms with Crippen molar-refractivity contribution in [2.75, 3.05) is 24.2 Å². The van der Waals surface area contributed by atoms with Gasteiger partial charge in [-0.3, -0.25) is 0 Å². The highest BCUT2D eigenvalue weighted by Crippen LogP contribution is 2.30. The molecule has 1 aromatic rings. The van der Waals surface area contributed by atoms with Crippen molar-refractivity contribution in [2.45, 2.75) is 18.2 Å². The molecule has 1 aromatic carbocycles. The maximum Gasteiger partial charge on any atom is 0.255 e. The molecule has 106 valence electrons. The lowest BCUT2D eigenvalue weighted by Gasteiger charge is -2.23. The topological polar surface area (TPSA) is 61.8 Å². The number of halogens is 2. The van der Waals surface area contributed by atoms with Crippen LogP contribution in [0.3, 0.4) is 0 Å². The number of nitrogens with zero attached hydrogens (tertiary/aromatic N) is 2. The van der Waals surface area contributed by atoms with Gasteiger partial charge < -0.3 is 15.8 Å². The van der Waals surface area contributed by atoms with E-state index in [1.54, 1.807) is 19.2 Å².